The number of allylic oxidation sites excluding steroid dienone is 2. The first kappa shape index (κ1) is 20.3. The van der Waals surface area contributed by atoms with Crippen LogP contribution in [0.25, 0.3) is 0 Å². The number of esters is 1. The molecule has 7 heteroatoms. The number of hydrogen-bond donors (Lipinski definition) is 0. The van der Waals surface area contributed by atoms with Crippen molar-refractivity contribution < 1.29 is 23.9 Å². The van der Waals surface area contributed by atoms with Crippen molar-refractivity contribution >= 4 is 23.7 Å². The van der Waals surface area contributed by atoms with E-state index in [4.69, 9.17) is 4.74 Å². The fraction of sp³-hybridized carbons (Fsp3) is 0.478. The quantitative estimate of drug-likeness (QED) is 0.486. The Kier molecular flexibility index (Phi) is 5.97. The van der Waals surface area contributed by atoms with Crippen molar-refractivity contribution in [2.24, 2.45) is 0 Å². The van der Waals surface area contributed by atoms with E-state index in [-0.39, 0.29) is 43.3 Å². The molecule has 3 aliphatic rings. The van der Waals surface area contributed by atoms with Crippen LogP contribution in [0.1, 0.15) is 72.1 Å². The fourth-order valence-corrected chi connectivity index (χ4v) is 4.08. The Labute approximate surface area is 175 Å². The predicted octanol–water partition coefficient (Wildman–Crippen LogP) is 3.05. The molecule has 0 N–H and O–H groups in total. The smallest absolute Gasteiger partial charge is 0.306 e. The van der Waals surface area contributed by atoms with Crippen LogP contribution in [0.5, 0.6) is 0 Å². The van der Waals surface area contributed by atoms with E-state index in [1.807, 2.05) is 4.90 Å². The first-order valence-electron chi connectivity index (χ1n) is 10.7. The highest BCUT2D eigenvalue weighted by Gasteiger charge is 2.36. The van der Waals surface area contributed by atoms with Gasteiger partial charge in [0.15, 0.2) is 6.61 Å². The summed E-state index contributed by atoms with van der Waals surface area (Å²) in [6.45, 7) is -0.115. The van der Waals surface area contributed by atoms with E-state index in [1.54, 1.807) is 24.3 Å². The van der Waals surface area contributed by atoms with Gasteiger partial charge in [-0.15, -0.1) is 0 Å². The molecule has 1 saturated carbocycles. The van der Waals surface area contributed by atoms with E-state index in [0.717, 1.165) is 49.1 Å². The minimum atomic E-state index is -0.492. The lowest BCUT2D eigenvalue weighted by Gasteiger charge is -2.27. The highest BCUT2D eigenvalue weighted by molar-refractivity contribution is 6.21. The first-order chi connectivity index (χ1) is 14.6. The molecule has 158 valence electrons. The third kappa shape index (κ3) is 4.30. The van der Waals surface area contributed by atoms with E-state index in [9.17, 15) is 19.2 Å². The summed E-state index contributed by atoms with van der Waals surface area (Å²) in [7, 11) is 0. The van der Waals surface area contributed by atoms with Gasteiger partial charge in [0.25, 0.3) is 17.7 Å². The number of ether oxygens (including phenoxy) is 1. The highest BCUT2D eigenvalue weighted by atomic mass is 16.5. The van der Waals surface area contributed by atoms with Crippen molar-refractivity contribution in [1.29, 1.82) is 0 Å². The molecular weight excluding hydrogens is 384 g/mol. The normalized spacial score (nSPS) is 18.1. The van der Waals surface area contributed by atoms with E-state index in [2.05, 4.69) is 6.08 Å². The third-order valence-electron chi connectivity index (χ3n) is 5.75. The Hall–Kier alpha value is -2.96. The van der Waals surface area contributed by atoms with Crippen molar-refractivity contribution in [2.45, 2.75) is 57.4 Å². The van der Waals surface area contributed by atoms with Crippen LogP contribution < -0.4 is 0 Å². The van der Waals surface area contributed by atoms with Crippen molar-refractivity contribution in [1.82, 2.24) is 9.80 Å². The molecule has 1 aromatic rings. The van der Waals surface area contributed by atoms with Gasteiger partial charge in [-0.3, -0.25) is 24.1 Å². The van der Waals surface area contributed by atoms with Crippen LogP contribution in [-0.2, 0) is 14.3 Å². The van der Waals surface area contributed by atoms with Gasteiger partial charge in [-0.2, -0.15) is 0 Å². The Morgan fingerprint density at radius 1 is 1.07 bits per heavy atom. The number of fused-ring (bicyclic) bond motifs is 1. The van der Waals surface area contributed by atoms with E-state index >= 15 is 0 Å². The minimum absolute atomic E-state index is 0.0484. The number of imide groups is 1. The average Bonchev–Trinajstić information content (AvgIpc) is 3.57. The standard InChI is InChI=1S/C23H26N2O5/c26-20(25(17-12-13-17)16-7-2-1-3-8-16)15-30-21(27)11-6-14-24-22(28)18-9-4-5-10-19(18)23(24)29/h4-5,7,9-10,17H,1-3,6,8,11-15H2. The van der Waals surface area contributed by atoms with Crippen molar-refractivity contribution in [3.05, 3.63) is 47.2 Å². The van der Waals surface area contributed by atoms with Crippen LogP contribution in [0, 0.1) is 0 Å². The van der Waals surface area contributed by atoms with Gasteiger partial charge in [0.05, 0.1) is 11.1 Å². The van der Waals surface area contributed by atoms with Crippen molar-refractivity contribution in [2.75, 3.05) is 13.2 Å². The van der Waals surface area contributed by atoms with Gasteiger partial charge in [-0.1, -0.05) is 18.2 Å². The summed E-state index contributed by atoms with van der Waals surface area (Å²) in [6.07, 6.45) is 8.60. The van der Waals surface area contributed by atoms with E-state index in [0.29, 0.717) is 17.5 Å². The fourth-order valence-electron chi connectivity index (χ4n) is 4.08. The van der Waals surface area contributed by atoms with Gasteiger partial charge in [-0.05, 0) is 57.1 Å². The molecule has 30 heavy (non-hydrogen) atoms. The molecule has 4 rings (SSSR count). The summed E-state index contributed by atoms with van der Waals surface area (Å²) in [4.78, 5) is 52.4. The zero-order chi connectivity index (χ0) is 21.1. The number of hydrogen-bond acceptors (Lipinski definition) is 5. The maximum atomic E-state index is 12.6. The molecule has 1 aromatic carbocycles. The van der Waals surface area contributed by atoms with Crippen LogP contribution in [0.2, 0.25) is 0 Å². The summed E-state index contributed by atoms with van der Waals surface area (Å²) in [5, 5.41) is 0. The zero-order valence-electron chi connectivity index (χ0n) is 17.0. The lowest BCUT2D eigenvalue weighted by molar-refractivity contribution is -0.151. The molecule has 0 radical (unpaired) electrons. The lowest BCUT2D eigenvalue weighted by atomic mass is 10.0. The summed E-state index contributed by atoms with van der Waals surface area (Å²) < 4.78 is 5.19. The van der Waals surface area contributed by atoms with Gasteiger partial charge in [0.1, 0.15) is 0 Å². The number of rotatable bonds is 8. The average molecular weight is 410 g/mol. The lowest BCUT2D eigenvalue weighted by Crippen LogP contribution is -2.36. The Morgan fingerprint density at radius 2 is 1.77 bits per heavy atom. The summed E-state index contributed by atoms with van der Waals surface area (Å²) in [6, 6.07) is 6.94. The molecular formula is C23H26N2O5. The molecule has 0 saturated heterocycles. The molecule has 3 amide bonds. The van der Waals surface area contributed by atoms with Gasteiger partial charge < -0.3 is 9.64 Å². The largest absolute Gasteiger partial charge is 0.456 e. The van der Waals surface area contributed by atoms with Gasteiger partial charge >= 0.3 is 5.97 Å². The van der Waals surface area contributed by atoms with E-state index < -0.39 is 5.97 Å². The van der Waals surface area contributed by atoms with Gasteiger partial charge in [-0.25, -0.2) is 0 Å². The number of amides is 3. The molecule has 0 unspecified atom stereocenters. The Balaban J connectivity index is 1.23. The topological polar surface area (TPSA) is 84.0 Å². The third-order valence-corrected chi connectivity index (χ3v) is 5.75. The van der Waals surface area contributed by atoms with Crippen LogP contribution >= 0.6 is 0 Å². The number of carbonyl (C=O) groups excluding carboxylic acids is 4. The van der Waals surface area contributed by atoms with Gasteiger partial charge in [0.2, 0.25) is 0 Å². The maximum absolute atomic E-state index is 12.6. The molecule has 0 aromatic heterocycles. The molecule has 0 spiro atoms. The number of benzene rings is 1. The van der Waals surface area contributed by atoms with E-state index in [1.165, 1.54) is 0 Å². The first-order valence-corrected chi connectivity index (χ1v) is 10.7. The zero-order valence-corrected chi connectivity index (χ0v) is 17.0. The van der Waals surface area contributed by atoms with Crippen molar-refractivity contribution in [3.63, 3.8) is 0 Å². The summed E-state index contributed by atoms with van der Waals surface area (Å²) >= 11 is 0. The van der Waals surface area contributed by atoms with Gasteiger partial charge in [0, 0.05) is 24.7 Å². The second-order valence-electron chi connectivity index (χ2n) is 8.01. The second kappa shape index (κ2) is 8.81. The predicted molar refractivity (Wildman–Crippen MR) is 108 cm³/mol. The minimum Gasteiger partial charge on any atom is -0.456 e. The molecule has 2 aliphatic carbocycles. The SMILES string of the molecule is O=C(CCCN1C(=O)c2ccccc2C1=O)OCC(=O)N(C1=CCCCC1)C1CC1. The Morgan fingerprint density at radius 3 is 2.37 bits per heavy atom. The van der Waals surface area contributed by atoms with Crippen molar-refractivity contribution in [3.8, 4) is 0 Å². The molecule has 0 atom stereocenters. The number of nitrogens with zero attached hydrogens (tertiary/aromatic N) is 2. The monoisotopic (exact) mass is 410 g/mol. The summed E-state index contributed by atoms with van der Waals surface area (Å²) in [5.41, 5.74) is 1.86. The maximum Gasteiger partial charge on any atom is 0.306 e. The van der Waals surface area contributed by atoms with Crippen LogP contribution in [0.4, 0.5) is 0 Å². The highest BCUT2D eigenvalue weighted by Crippen LogP contribution is 2.33. The summed E-state index contributed by atoms with van der Waals surface area (Å²) in [5.74, 6) is -1.33. The molecule has 1 fully saturated rings. The van der Waals surface area contributed by atoms with Crippen LogP contribution in [0.15, 0.2) is 36.0 Å². The number of carbonyl (C=O) groups is 4. The van der Waals surface area contributed by atoms with Crippen LogP contribution in [-0.4, -0.2) is 52.7 Å². The Bertz CT molecular complexity index is 868. The molecule has 0 bridgehead atoms. The second-order valence-corrected chi connectivity index (χ2v) is 8.01. The molecule has 1 aliphatic heterocycles. The molecule has 7 nitrogen and oxygen atoms in total. The van der Waals surface area contributed by atoms with Crippen LogP contribution in [0.3, 0.4) is 0 Å². The molecule has 1 heterocycles.